The summed E-state index contributed by atoms with van der Waals surface area (Å²) in [4.78, 5) is 16.2. The Labute approximate surface area is 150 Å². The minimum atomic E-state index is -0.224. The van der Waals surface area contributed by atoms with Crippen LogP contribution >= 0.6 is 22.6 Å². The maximum Gasteiger partial charge on any atom is 0.263 e. The fourth-order valence-electron chi connectivity index (χ4n) is 1.99. The number of hydrogen-bond acceptors (Lipinski definition) is 3. The minimum absolute atomic E-state index is 0.0401. The van der Waals surface area contributed by atoms with Crippen LogP contribution in [0.25, 0.3) is 0 Å². The zero-order valence-corrected chi connectivity index (χ0v) is 16.0. The van der Waals surface area contributed by atoms with Crippen molar-refractivity contribution in [3.8, 4) is 5.75 Å². The van der Waals surface area contributed by atoms with Gasteiger partial charge in [-0.3, -0.25) is 4.79 Å². The van der Waals surface area contributed by atoms with Crippen LogP contribution in [0.3, 0.4) is 0 Å². The number of nitrogens with one attached hydrogen (secondary N) is 1. The second-order valence-electron chi connectivity index (χ2n) is 6.37. The first-order valence-electron chi connectivity index (χ1n) is 7.42. The average molecular weight is 424 g/mol. The Morgan fingerprint density at radius 2 is 1.83 bits per heavy atom. The molecule has 122 valence electrons. The van der Waals surface area contributed by atoms with Gasteiger partial charge in [0.2, 0.25) is 0 Å². The molecule has 0 aliphatic rings. The fraction of sp³-hybridized carbons (Fsp3) is 0.333. The Hall–Kier alpha value is -1.63. The molecule has 0 radical (unpaired) electrons. The van der Waals surface area contributed by atoms with Crippen molar-refractivity contribution in [2.24, 2.45) is 0 Å². The molecule has 0 aliphatic heterocycles. The van der Waals surface area contributed by atoms with Crippen molar-refractivity contribution >= 4 is 34.3 Å². The third-order valence-corrected chi connectivity index (χ3v) is 4.52. The maximum absolute atomic E-state index is 11.9. The topological polar surface area (TPSA) is 51.2 Å². The van der Waals surface area contributed by atoms with Crippen molar-refractivity contribution in [1.29, 1.82) is 0 Å². The molecule has 2 aromatic rings. The molecule has 2 rings (SSSR count). The summed E-state index contributed by atoms with van der Waals surface area (Å²) in [5.41, 5.74) is 2.22. The number of aromatic nitrogens is 1. The standard InChI is InChI=1S/C18H21IN2O2/c1-12-15(19)9-10-16(20-12)21-17(22)11-23-14-7-5-13(6-8-14)18(2,3)4/h5-10H,11H2,1-4H3,(H,20,21,22). The summed E-state index contributed by atoms with van der Waals surface area (Å²) in [5.74, 6) is 0.998. The molecule has 0 spiro atoms. The van der Waals surface area contributed by atoms with Gasteiger partial charge in [-0.2, -0.15) is 0 Å². The van der Waals surface area contributed by atoms with Crippen LogP contribution in [-0.2, 0) is 10.2 Å². The lowest BCUT2D eigenvalue weighted by molar-refractivity contribution is -0.118. The lowest BCUT2D eigenvalue weighted by Crippen LogP contribution is -2.21. The van der Waals surface area contributed by atoms with E-state index in [9.17, 15) is 4.79 Å². The third kappa shape index (κ3) is 5.20. The van der Waals surface area contributed by atoms with E-state index < -0.39 is 0 Å². The molecule has 1 aromatic heterocycles. The van der Waals surface area contributed by atoms with E-state index in [4.69, 9.17) is 4.74 Å². The summed E-state index contributed by atoms with van der Waals surface area (Å²) in [6, 6.07) is 11.5. The highest BCUT2D eigenvalue weighted by atomic mass is 127. The first-order valence-corrected chi connectivity index (χ1v) is 8.50. The number of carbonyl (C=O) groups excluding carboxylic acids is 1. The molecule has 0 saturated heterocycles. The Morgan fingerprint density at radius 1 is 1.17 bits per heavy atom. The third-order valence-electron chi connectivity index (χ3n) is 3.38. The Bertz CT molecular complexity index is 691. The lowest BCUT2D eigenvalue weighted by Gasteiger charge is -2.19. The number of hydrogen-bond donors (Lipinski definition) is 1. The molecular formula is C18H21IN2O2. The van der Waals surface area contributed by atoms with Gasteiger partial charge in [0, 0.05) is 3.57 Å². The molecule has 0 saturated carbocycles. The summed E-state index contributed by atoms with van der Waals surface area (Å²) >= 11 is 2.21. The van der Waals surface area contributed by atoms with Crippen LogP contribution in [0.2, 0.25) is 0 Å². The van der Waals surface area contributed by atoms with Crippen LogP contribution in [-0.4, -0.2) is 17.5 Å². The van der Waals surface area contributed by atoms with Gasteiger partial charge in [-0.25, -0.2) is 4.98 Å². The number of nitrogens with zero attached hydrogens (tertiary/aromatic N) is 1. The second-order valence-corrected chi connectivity index (χ2v) is 7.54. The molecule has 5 heteroatoms. The molecule has 0 atom stereocenters. The van der Waals surface area contributed by atoms with E-state index in [1.165, 1.54) is 5.56 Å². The molecular weight excluding hydrogens is 403 g/mol. The predicted octanol–water partition coefficient (Wildman–Crippen LogP) is 4.31. The number of aryl methyl sites for hydroxylation is 1. The fourth-order valence-corrected chi connectivity index (χ4v) is 2.29. The zero-order chi connectivity index (χ0) is 17.0. The van der Waals surface area contributed by atoms with Gasteiger partial charge in [0.15, 0.2) is 6.61 Å². The number of ether oxygens (including phenoxy) is 1. The number of amides is 1. The van der Waals surface area contributed by atoms with Gasteiger partial charge in [-0.1, -0.05) is 32.9 Å². The molecule has 1 heterocycles. The number of pyridine rings is 1. The van der Waals surface area contributed by atoms with E-state index in [1.54, 1.807) is 6.07 Å². The summed E-state index contributed by atoms with van der Waals surface area (Å²) in [7, 11) is 0. The smallest absolute Gasteiger partial charge is 0.263 e. The molecule has 0 fully saturated rings. The van der Waals surface area contributed by atoms with E-state index in [2.05, 4.69) is 53.7 Å². The number of halogens is 1. The minimum Gasteiger partial charge on any atom is -0.484 e. The van der Waals surface area contributed by atoms with Crippen molar-refractivity contribution in [3.05, 3.63) is 51.2 Å². The highest BCUT2D eigenvalue weighted by Gasteiger charge is 2.13. The number of carbonyl (C=O) groups is 1. The largest absolute Gasteiger partial charge is 0.484 e. The molecule has 0 aliphatic carbocycles. The monoisotopic (exact) mass is 424 g/mol. The molecule has 1 aromatic carbocycles. The van der Waals surface area contributed by atoms with Gasteiger partial charge >= 0.3 is 0 Å². The van der Waals surface area contributed by atoms with E-state index >= 15 is 0 Å². The van der Waals surface area contributed by atoms with Crippen LogP contribution in [0, 0.1) is 10.5 Å². The van der Waals surface area contributed by atoms with Crippen LogP contribution in [0.4, 0.5) is 5.82 Å². The van der Waals surface area contributed by atoms with Gasteiger partial charge in [-0.05, 0) is 64.8 Å². The SMILES string of the molecule is Cc1nc(NC(=O)COc2ccc(C(C)(C)C)cc2)ccc1I. The molecule has 0 unspecified atom stereocenters. The quantitative estimate of drug-likeness (QED) is 0.745. The first kappa shape index (κ1) is 17.7. The second kappa shape index (κ2) is 7.29. The Kier molecular flexibility index (Phi) is 5.62. The van der Waals surface area contributed by atoms with Crippen LogP contribution in [0.15, 0.2) is 36.4 Å². The van der Waals surface area contributed by atoms with E-state index in [0.717, 1.165) is 9.26 Å². The number of benzene rings is 1. The summed E-state index contributed by atoms with van der Waals surface area (Å²) < 4.78 is 6.59. The maximum atomic E-state index is 11.9. The van der Waals surface area contributed by atoms with Crippen LogP contribution in [0.5, 0.6) is 5.75 Å². The van der Waals surface area contributed by atoms with E-state index in [-0.39, 0.29) is 17.9 Å². The van der Waals surface area contributed by atoms with E-state index in [0.29, 0.717) is 11.6 Å². The van der Waals surface area contributed by atoms with Gasteiger partial charge in [0.25, 0.3) is 5.91 Å². The Morgan fingerprint density at radius 3 is 2.39 bits per heavy atom. The molecule has 0 bridgehead atoms. The summed E-state index contributed by atoms with van der Waals surface area (Å²) in [6.07, 6.45) is 0. The molecule has 1 amide bonds. The molecule has 1 N–H and O–H groups in total. The van der Waals surface area contributed by atoms with Crippen LogP contribution < -0.4 is 10.1 Å². The van der Waals surface area contributed by atoms with Gasteiger partial charge in [0.1, 0.15) is 11.6 Å². The van der Waals surface area contributed by atoms with E-state index in [1.807, 2.05) is 37.3 Å². The van der Waals surface area contributed by atoms with Crippen LogP contribution in [0.1, 0.15) is 32.0 Å². The van der Waals surface area contributed by atoms with Crippen molar-refractivity contribution in [2.75, 3.05) is 11.9 Å². The normalized spacial score (nSPS) is 11.2. The summed E-state index contributed by atoms with van der Waals surface area (Å²) in [6.45, 7) is 8.34. The highest BCUT2D eigenvalue weighted by molar-refractivity contribution is 14.1. The molecule has 4 nitrogen and oxygen atoms in total. The Balaban J connectivity index is 1.90. The predicted molar refractivity (Wildman–Crippen MR) is 101 cm³/mol. The van der Waals surface area contributed by atoms with Crippen molar-refractivity contribution in [1.82, 2.24) is 4.98 Å². The average Bonchev–Trinajstić information content (AvgIpc) is 2.48. The first-order chi connectivity index (χ1) is 10.8. The van der Waals surface area contributed by atoms with Gasteiger partial charge in [0.05, 0.1) is 5.69 Å². The van der Waals surface area contributed by atoms with Gasteiger partial charge < -0.3 is 10.1 Å². The number of anilines is 1. The molecule has 23 heavy (non-hydrogen) atoms. The number of rotatable bonds is 4. The lowest BCUT2D eigenvalue weighted by atomic mass is 9.87. The summed E-state index contributed by atoms with van der Waals surface area (Å²) in [5, 5.41) is 2.74. The van der Waals surface area contributed by atoms with Crippen molar-refractivity contribution < 1.29 is 9.53 Å². The van der Waals surface area contributed by atoms with Crippen molar-refractivity contribution in [3.63, 3.8) is 0 Å². The van der Waals surface area contributed by atoms with Crippen molar-refractivity contribution in [2.45, 2.75) is 33.1 Å². The highest BCUT2D eigenvalue weighted by Crippen LogP contribution is 2.24. The van der Waals surface area contributed by atoms with Gasteiger partial charge in [-0.15, -0.1) is 0 Å². The zero-order valence-electron chi connectivity index (χ0n) is 13.8.